The Morgan fingerprint density at radius 3 is 2.15 bits per heavy atom. The van der Waals surface area contributed by atoms with Gasteiger partial charge in [-0.2, -0.15) is 9.59 Å². The highest BCUT2D eigenvalue weighted by Crippen LogP contribution is 2.61. The van der Waals surface area contributed by atoms with E-state index >= 15 is 0 Å². The van der Waals surface area contributed by atoms with Crippen molar-refractivity contribution in [2.45, 2.75) is 24.5 Å². The molecule has 1 aromatic heterocycles. The highest BCUT2D eigenvalue weighted by atomic mass is 31.2. The van der Waals surface area contributed by atoms with Crippen molar-refractivity contribution in [2.75, 3.05) is 53.4 Å². The summed E-state index contributed by atoms with van der Waals surface area (Å²) in [5, 5.41) is 9.54. The van der Waals surface area contributed by atoms with Crippen LogP contribution in [0.25, 0.3) is 0 Å². The van der Waals surface area contributed by atoms with Crippen LogP contribution in [0.2, 0.25) is 0 Å². The van der Waals surface area contributed by atoms with Crippen LogP contribution in [0.15, 0.2) is 58.3 Å². The second-order valence-corrected chi connectivity index (χ2v) is 9.70. The van der Waals surface area contributed by atoms with Crippen molar-refractivity contribution in [1.82, 2.24) is 9.55 Å². The van der Waals surface area contributed by atoms with E-state index in [1.54, 1.807) is 19.3 Å². The van der Waals surface area contributed by atoms with Gasteiger partial charge in [0.1, 0.15) is 18.3 Å². The molecule has 3 heterocycles. The molecular formula is C24H31N2O14P. The molecule has 17 heteroatoms. The molecule has 3 aliphatic rings. The summed E-state index contributed by atoms with van der Waals surface area (Å²) in [5.74, 6) is 0.0393. The molecule has 4 rings (SSSR count). The van der Waals surface area contributed by atoms with Crippen molar-refractivity contribution in [3.05, 3.63) is 69.6 Å². The summed E-state index contributed by atoms with van der Waals surface area (Å²) in [6.07, 6.45) is 4.02. The van der Waals surface area contributed by atoms with Gasteiger partial charge in [0, 0.05) is 19.4 Å². The monoisotopic (exact) mass is 602 g/mol. The number of ether oxygens (including phenoxy) is 4. The maximum atomic E-state index is 12.8. The molecular weight excluding hydrogens is 571 g/mol. The number of aromatic amines is 1. The lowest BCUT2D eigenvalue weighted by atomic mass is 10.1. The number of aromatic nitrogens is 2. The Morgan fingerprint density at radius 1 is 1.00 bits per heavy atom. The van der Waals surface area contributed by atoms with Crippen molar-refractivity contribution in [3.8, 4) is 0 Å². The van der Waals surface area contributed by atoms with Crippen LogP contribution in [-0.4, -0.2) is 98.3 Å². The van der Waals surface area contributed by atoms with E-state index in [0.29, 0.717) is 26.4 Å². The van der Waals surface area contributed by atoms with Gasteiger partial charge in [-0.05, 0) is 17.7 Å². The number of rotatable bonds is 12. The number of phosphoric acid groups is 1. The maximum Gasteiger partial charge on any atom is 0.475 e. The average molecular weight is 602 g/mol. The number of ketones is 1. The number of aliphatic hydroxyl groups excluding tert-OH is 1. The molecule has 0 bridgehead atoms. The number of methoxy groups -OCH3 is 1. The minimum absolute atomic E-state index is 0.0393. The van der Waals surface area contributed by atoms with Crippen LogP contribution in [0.3, 0.4) is 0 Å². The van der Waals surface area contributed by atoms with E-state index in [0.717, 1.165) is 16.2 Å². The van der Waals surface area contributed by atoms with Gasteiger partial charge < -0.3 is 24.1 Å². The molecule has 2 aliphatic heterocycles. The van der Waals surface area contributed by atoms with Gasteiger partial charge >= 0.3 is 19.7 Å². The summed E-state index contributed by atoms with van der Waals surface area (Å²) < 4.78 is 50.9. The quantitative estimate of drug-likeness (QED) is 0.232. The number of hydrogen-bond donors (Lipinski definition) is 2. The fraction of sp³-hybridized carbons (Fsp3) is 0.500. The SMILES string of the molecule is C=C1C=CC(=O)C=C1.COCCOCCOCCOP1(=O)OC2C(O1)[C@@H](CO)O[C@H]2n1ccc(=O)[nH]c1=O.O=C=O. The third-order valence-electron chi connectivity index (χ3n) is 5.30. The molecule has 1 aliphatic carbocycles. The number of allylic oxidation sites excluding steroid dienone is 5. The molecule has 0 spiro atoms. The molecule has 0 amide bonds. The number of nitrogens with zero attached hydrogens (tertiary/aromatic N) is 1. The lowest BCUT2D eigenvalue weighted by molar-refractivity contribution is -0.191. The van der Waals surface area contributed by atoms with Crippen molar-refractivity contribution in [2.24, 2.45) is 0 Å². The molecule has 16 nitrogen and oxygen atoms in total. The number of H-pyrrole nitrogens is 1. The Morgan fingerprint density at radius 2 is 1.59 bits per heavy atom. The van der Waals surface area contributed by atoms with Crippen LogP contribution in [0, 0.1) is 0 Å². The predicted molar refractivity (Wildman–Crippen MR) is 137 cm³/mol. The summed E-state index contributed by atoms with van der Waals surface area (Å²) >= 11 is 0. The lowest BCUT2D eigenvalue weighted by Gasteiger charge is -2.20. The van der Waals surface area contributed by atoms with Crippen LogP contribution >= 0.6 is 7.82 Å². The Balaban J connectivity index is 0.000000449. The minimum atomic E-state index is -3.96. The molecule has 3 unspecified atom stereocenters. The number of phosphoric ester groups is 1. The van der Waals surface area contributed by atoms with Gasteiger partial charge in [-0.15, -0.1) is 0 Å². The summed E-state index contributed by atoms with van der Waals surface area (Å²) in [6.45, 7) is 4.89. The number of fused-ring (bicyclic) bond motifs is 1. The van der Waals surface area contributed by atoms with E-state index in [-0.39, 0.29) is 25.1 Å². The van der Waals surface area contributed by atoms with Crippen molar-refractivity contribution in [3.63, 3.8) is 0 Å². The van der Waals surface area contributed by atoms with Crippen LogP contribution in [0.5, 0.6) is 0 Å². The molecule has 2 saturated heterocycles. The molecule has 2 N–H and O–H groups in total. The van der Waals surface area contributed by atoms with Crippen molar-refractivity contribution >= 4 is 19.8 Å². The van der Waals surface area contributed by atoms with E-state index in [9.17, 15) is 24.1 Å². The predicted octanol–water partition coefficient (Wildman–Crippen LogP) is -0.331. The van der Waals surface area contributed by atoms with Crippen LogP contribution < -0.4 is 11.2 Å². The summed E-state index contributed by atoms with van der Waals surface area (Å²) in [6, 6.07) is 1.13. The molecule has 2 fully saturated rings. The fourth-order valence-electron chi connectivity index (χ4n) is 3.49. The first-order chi connectivity index (χ1) is 19.7. The van der Waals surface area contributed by atoms with Crippen molar-refractivity contribution in [1.29, 1.82) is 0 Å². The number of aliphatic hydroxyl groups is 1. The second kappa shape index (κ2) is 17.6. The van der Waals surface area contributed by atoms with Gasteiger partial charge in [-0.25, -0.2) is 9.36 Å². The highest BCUT2D eigenvalue weighted by Gasteiger charge is 2.58. The zero-order chi connectivity index (χ0) is 30.3. The third-order valence-corrected chi connectivity index (χ3v) is 6.80. The number of carbonyl (C=O) groups excluding carboxylic acids is 3. The maximum absolute atomic E-state index is 12.8. The Hall–Kier alpha value is -3.14. The zero-order valence-electron chi connectivity index (χ0n) is 22.1. The van der Waals surface area contributed by atoms with Crippen LogP contribution in [0.4, 0.5) is 0 Å². The standard InChI is InChI=1S/C16H25N2O11P.C7H6O.CO2/c1-23-4-5-24-6-7-25-8-9-26-30(22)28-13-11(10-19)27-15(14(13)29-30)18-3-2-12(20)17-16(18)21;1-6-2-4-7(8)5-3-6;2-1-3/h2-3,11,13-15,19H,4-10H2,1H3,(H,17,20,21);2-5H,1H2;/t11-,13?,14?,15-,30?;;/m1../s1. The van der Waals surface area contributed by atoms with E-state index < -0.39 is 50.2 Å². The molecule has 0 aromatic carbocycles. The first-order valence-corrected chi connectivity index (χ1v) is 13.6. The highest BCUT2D eigenvalue weighted by molar-refractivity contribution is 7.48. The minimum Gasteiger partial charge on any atom is -0.394 e. The molecule has 226 valence electrons. The van der Waals surface area contributed by atoms with E-state index in [4.69, 9.17) is 42.1 Å². The largest absolute Gasteiger partial charge is 0.475 e. The van der Waals surface area contributed by atoms with Crippen LogP contribution in [0.1, 0.15) is 6.23 Å². The molecule has 0 radical (unpaired) electrons. The molecule has 1 aromatic rings. The average Bonchev–Trinajstić information content (AvgIpc) is 3.44. The third kappa shape index (κ3) is 11.0. The zero-order valence-corrected chi connectivity index (χ0v) is 23.0. The molecule has 5 atom stereocenters. The van der Waals surface area contributed by atoms with Crippen LogP contribution in [-0.2, 0) is 51.5 Å². The first kappa shape index (κ1) is 34.1. The summed E-state index contributed by atoms with van der Waals surface area (Å²) in [7, 11) is -2.38. The second-order valence-electron chi connectivity index (χ2n) is 8.13. The molecule has 41 heavy (non-hydrogen) atoms. The summed E-state index contributed by atoms with van der Waals surface area (Å²) in [5.41, 5.74) is -0.437. The number of hydrogen-bond acceptors (Lipinski definition) is 14. The fourth-order valence-corrected chi connectivity index (χ4v) is 5.04. The Kier molecular flexibility index (Phi) is 14.6. The smallest absolute Gasteiger partial charge is 0.394 e. The first-order valence-electron chi connectivity index (χ1n) is 12.1. The summed E-state index contributed by atoms with van der Waals surface area (Å²) in [4.78, 5) is 52.1. The van der Waals surface area contributed by atoms with Gasteiger partial charge in [0.25, 0.3) is 5.56 Å². The Bertz CT molecular complexity index is 1230. The van der Waals surface area contributed by atoms with Gasteiger partial charge in [-0.3, -0.25) is 32.7 Å². The lowest BCUT2D eigenvalue weighted by Crippen LogP contribution is -2.36. The molecule has 0 saturated carbocycles. The van der Waals surface area contributed by atoms with Crippen molar-refractivity contribution < 1.29 is 56.6 Å². The van der Waals surface area contributed by atoms with Gasteiger partial charge in [0.05, 0.1) is 46.2 Å². The van der Waals surface area contributed by atoms with Gasteiger partial charge in [0.15, 0.2) is 12.0 Å². The van der Waals surface area contributed by atoms with Gasteiger partial charge in [-0.1, -0.05) is 18.7 Å². The number of carbonyl (C=O) groups is 1. The Labute approximate surface area is 233 Å². The number of nitrogens with one attached hydrogen (secondary N) is 1. The topological polar surface area (TPSA) is 208 Å². The van der Waals surface area contributed by atoms with E-state index in [2.05, 4.69) is 11.6 Å². The van der Waals surface area contributed by atoms with E-state index in [1.807, 2.05) is 0 Å². The van der Waals surface area contributed by atoms with E-state index in [1.165, 1.54) is 18.3 Å². The van der Waals surface area contributed by atoms with Gasteiger partial charge in [0.2, 0.25) is 0 Å². The normalized spacial score (nSPS) is 26.0.